The zero-order valence-corrected chi connectivity index (χ0v) is 10.3. The Hall–Kier alpha value is -1.88. The second kappa shape index (κ2) is 6.76. The Bertz CT molecular complexity index is 406. The highest BCUT2D eigenvalue weighted by Gasteiger charge is 2.23. The number of carboxylic acids is 1. The zero-order chi connectivity index (χ0) is 13.5. The third kappa shape index (κ3) is 3.85. The molecule has 18 heavy (non-hydrogen) atoms. The van der Waals surface area contributed by atoms with E-state index in [0.29, 0.717) is 18.4 Å². The van der Waals surface area contributed by atoms with Gasteiger partial charge in [0.05, 0.1) is 0 Å². The molecule has 5 heteroatoms. The van der Waals surface area contributed by atoms with Gasteiger partial charge in [-0.25, -0.2) is 4.79 Å². The van der Waals surface area contributed by atoms with Gasteiger partial charge in [-0.3, -0.25) is 4.79 Å². The van der Waals surface area contributed by atoms with Crippen molar-refractivity contribution >= 4 is 11.9 Å². The van der Waals surface area contributed by atoms with Gasteiger partial charge in [0, 0.05) is 0 Å². The van der Waals surface area contributed by atoms with Gasteiger partial charge in [0.1, 0.15) is 12.1 Å². The normalized spacial score (nSPS) is 13.7. The van der Waals surface area contributed by atoms with Crippen molar-refractivity contribution in [2.45, 2.75) is 31.8 Å². The predicted molar refractivity (Wildman–Crippen MR) is 67.8 cm³/mol. The van der Waals surface area contributed by atoms with Gasteiger partial charge >= 0.3 is 5.97 Å². The molecule has 2 atom stereocenters. The van der Waals surface area contributed by atoms with Gasteiger partial charge in [0.15, 0.2) is 0 Å². The first-order valence-corrected chi connectivity index (χ1v) is 5.90. The maximum absolute atomic E-state index is 11.8. The third-order valence-electron chi connectivity index (χ3n) is 2.63. The summed E-state index contributed by atoms with van der Waals surface area (Å²) in [7, 11) is 0. The van der Waals surface area contributed by atoms with Crippen LogP contribution in [-0.2, 0) is 9.59 Å². The number of carbonyl (C=O) groups excluding carboxylic acids is 1. The molecule has 0 radical (unpaired) electrons. The molecule has 0 heterocycles. The lowest BCUT2D eigenvalue weighted by Gasteiger charge is -2.17. The largest absolute Gasteiger partial charge is 0.480 e. The van der Waals surface area contributed by atoms with Crippen LogP contribution in [0, 0.1) is 0 Å². The van der Waals surface area contributed by atoms with E-state index in [1.165, 1.54) is 0 Å². The highest BCUT2D eigenvalue weighted by Crippen LogP contribution is 2.10. The number of aliphatic carboxylic acids is 1. The van der Waals surface area contributed by atoms with Gasteiger partial charge in [0.25, 0.3) is 0 Å². The summed E-state index contributed by atoms with van der Waals surface area (Å²) < 4.78 is 0. The number of nitrogens with one attached hydrogen (secondary N) is 1. The summed E-state index contributed by atoms with van der Waals surface area (Å²) in [6, 6.07) is 7.14. The van der Waals surface area contributed by atoms with E-state index in [0.717, 1.165) is 0 Å². The number of carbonyl (C=O) groups is 2. The lowest BCUT2D eigenvalue weighted by atomic mass is 10.1. The Morgan fingerprint density at radius 3 is 2.44 bits per heavy atom. The Morgan fingerprint density at radius 2 is 1.94 bits per heavy atom. The molecule has 0 saturated heterocycles. The molecule has 0 unspecified atom stereocenters. The van der Waals surface area contributed by atoms with Crippen LogP contribution >= 0.6 is 0 Å². The highest BCUT2D eigenvalue weighted by atomic mass is 16.4. The van der Waals surface area contributed by atoms with E-state index in [1.54, 1.807) is 24.3 Å². The molecule has 1 aromatic rings. The van der Waals surface area contributed by atoms with E-state index >= 15 is 0 Å². The topological polar surface area (TPSA) is 92.4 Å². The van der Waals surface area contributed by atoms with Crippen LogP contribution in [0.15, 0.2) is 30.3 Å². The molecule has 0 bridgehead atoms. The number of carboxylic acid groups (broad SMARTS) is 1. The standard InChI is InChI=1S/C13H18N2O3/c1-2-6-10(13(17)18)15-12(16)11(14)9-7-4-3-5-8-9/h3-5,7-8,10-11H,2,6,14H2,1H3,(H,15,16)(H,17,18)/t10-,11+/m0/s1. The summed E-state index contributed by atoms with van der Waals surface area (Å²) >= 11 is 0. The average Bonchev–Trinajstić information content (AvgIpc) is 2.38. The van der Waals surface area contributed by atoms with Crippen LogP contribution in [-0.4, -0.2) is 23.0 Å². The van der Waals surface area contributed by atoms with Crippen molar-refractivity contribution < 1.29 is 14.7 Å². The molecule has 0 aromatic heterocycles. The van der Waals surface area contributed by atoms with Crippen molar-refractivity contribution in [3.05, 3.63) is 35.9 Å². The van der Waals surface area contributed by atoms with Gasteiger partial charge in [-0.05, 0) is 12.0 Å². The van der Waals surface area contributed by atoms with Gasteiger partial charge in [-0.2, -0.15) is 0 Å². The summed E-state index contributed by atoms with van der Waals surface area (Å²) in [6.45, 7) is 1.86. The smallest absolute Gasteiger partial charge is 0.326 e. The number of hydrogen-bond acceptors (Lipinski definition) is 3. The van der Waals surface area contributed by atoms with E-state index < -0.39 is 24.0 Å². The van der Waals surface area contributed by atoms with E-state index in [4.69, 9.17) is 10.8 Å². The first kappa shape index (κ1) is 14.2. The van der Waals surface area contributed by atoms with Gasteiger partial charge < -0.3 is 16.2 Å². The molecule has 0 aliphatic heterocycles. The van der Waals surface area contributed by atoms with Crippen LogP contribution in [0.1, 0.15) is 31.4 Å². The minimum atomic E-state index is -1.04. The molecule has 0 fully saturated rings. The third-order valence-corrected chi connectivity index (χ3v) is 2.63. The minimum absolute atomic E-state index is 0.391. The molecule has 5 nitrogen and oxygen atoms in total. The molecular weight excluding hydrogens is 232 g/mol. The first-order chi connectivity index (χ1) is 8.56. The molecule has 0 spiro atoms. The number of nitrogens with two attached hydrogens (primary N) is 1. The maximum Gasteiger partial charge on any atom is 0.326 e. The summed E-state index contributed by atoms with van der Waals surface area (Å²) in [6.07, 6.45) is 1.07. The molecule has 1 aromatic carbocycles. The summed E-state index contributed by atoms with van der Waals surface area (Å²) in [5.41, 5.74) is 6.44. The summed E-state index contributed by atoms with van der Waals surface area (Å²) in [4.78, 5) is 22.8. The van der Waals surface area contributed by atoms with Crippen molar-refractivity contribution in [3.8, 4) is 0 Å². The molecule has 4 N–H and O–H groups in total. The Morgan fingerprint density at radius 1 is 1.33 bits per heavy atom. The Labute approximate surface area is 106 Å². The molecule has 0 aliphatic carbocycles. The van der Waals surface area contributed by atoms with E-state index in [2.05, 4.69) is 5.32 Å². The van der Waals surface area contributed by atoms with Crippen LogP contribution in [0.25, 0.3) is 0 Å². The van der Waals surface area contributed by atoms with Crippen LogP contribution < -0.4 is 11.1 Å². The van der Waals surface area contributed by atoms with Crippen LogP contribution in [0.4, 0.5) is 0 Å². The van der Waals surface area contributed by atoms with Crippen molar-refractivity contribution in [2.24, 2.45) is 5.73 Å². The van der Waals surface area contributed by atoms with Gasteiger partial charge in [-0.15, -0.1) is 0 Å². The number of amides is 1. The fourth-order valence-corrected chi connectivity index (χ4v) is 1.62. The van der Waals surface area contributed by atoms with Gasteiger partial charge in [0.2, 0.25) is 5.91 Å². The van der Waals surface area contributed by atoms with Crippen LogP contribution in [0.3, 0.4) is 0 Å². The van der Waals surface area contributed by atoms with E-state index in [-0.39, 0.29) is 0 Å². The highest BCUT2D eigenvalue weighted by molar-refractivity contribution is 5.87. The lowest BCUT2D eigenvalue weighted by Crippen LogP contribution is -2.44. The fraction of sp³-hybridized carbons (Fsp3) is 0.385. The molecular formula is C13H18N2O3. The second-order valence-corrected chi connectivity index (χ2v) is 4.08. The van der Waals surface area contributed by atoms with E-state index in [1.807, 2.05) is 13.0 Å². The molecule has 98 valence electrons. The first-order valence-electron chi connectivity index (χ1n) is 5.90. The number of rotatable bonds is 6. The summed E-state index contributed by atoms with van der Waals surface area (Å²) in [5, 5.41) is 11.4. The lowest BCUT2D eigenvalue weighted by molar-refractivity contribution is -0.142. The Balaban J connectivity index is 2.67. The van der Waals surface area contributed by atoms with Crippen molar-refractivity contribution in [3.63, 3.8) is 0 Å². The second-order valence-electron chi connectivity index (χ2n) is 4.08. The van der Waals surface area contributed by atoms with Crippen molar-refractivity contribution in [1.82, 2.24) is 5.32 Å². The maximum atomic E-state index is 11.8. The minimum Gasteiger partial charge on any atom is -0.480 e. The summed E-state index contributed by atoms with van der Waals surface area (Å²) in [5.74, 6) is -1.51. The van der Waals surface area contributed by atoms with Crippen LogP contribution in [0.2, 0.25) is 0 Å². The average molecular weight is 250 g/mol. The molecule has 0 aliphatic rings. The zero-order valence-electron chi connectivity index (χ0n) is 10.3. The van der Waals surface area contributed by atoms with Gasteiger partial charge in [-0.1, -0.05) is 43.7 Å². The number of hydrogen-bond donors (Lipinski definition) is 3. The fourth-order valence-electron chi connectivity index (χ4n) is 1.62. The number of benzene rings is 1. The monoisotopic (exact) mass is 250 g/mol. The SMILES string of the molecule is CCC[C@H](NC(=O)[C@H](N)c1ccccc1)C(=O)O. The quantitative estimate of drug-likeness (QED) is 0.703. The van der Waals surface area contributed by atoms with E-state index in [9.17, 15) is 9.59 Å². The van der Waals surface area contributed by atoms with Crippen molar-refractivity contribution in [1.29, 1.82) is 0 Å². The molecule has 1 rings (SSSR count). The Kier molecular flexibility index (Phi) is 5.32. The predicted octanol–water partition coefficient (Wildman–Crippen LogP) is 1.06. The van der Waals surface area contributed by atoms with Crippen LogP contribution in [0.5, 0.6) is 0 Å². The molecule has 0 saturated carbocycles. The molecule has 1 amide bonds. The van der Waals surface area contributed by atoms with Crippen molar-refractivity contribution in [2.75, 3.05) is 0 Å².